The summed E-state index contributed by atoms with van der Waals surface area (Å²) in [5, 5.41) is 11.8. The average molecular weight is 304 g/mol. The van der Waals surface area contributed by atoms with Crippen LogP contribution in [-0.4, -0.2) is 5.11 Å². The molecule has 1 unspecified atom stereocenters. The van der Waals surface area contributed by atoms with Crippen molar-refractivity contribution in [3.63, 3.8) is 0 Å². The molecular formula is C14H12F4OS. The Kier molecular flexibility index (Phi) is 4.45. The maximum atomic E-state index is 13.0. The van der Waals surface area contributed by atoms with Crippen LogP contribution in [0.3, 0.4) is 0 Å². The van der Waals surface area contributed by atoms with Gasteiger partial charge in [-0.25, -0.2) is 4.39 Å². The highest BCUT2D eigenvalue weighted by Gasteiger charge is 2.35. The van der Waals surface area contributed by atoms with Crippen molar-refractivity contribution >= 4 is 11.3 Å². The van der Waals surface area contributed by atoms with Crippen LogP contribution in [0.4, 0.5) is 17.6 Å². The number of benzene rings is 1. The smallest absolute Gasteiger partial charge is 0.388 e. The lowest BCUT2D eigenvalue weighted by molar-refractivity contribution is -0.139. The van der Waals surface area contributed by atoms with Crippen molar-refractivity contribution < 1.29 is 22.7 Å². The lowest BCUT2D eigenvalue weighted by Crippen LogP contribution is -2.13. The van der Waals surface area contributed by atoms with Crippen molar-refractivity contribution in [3.8, 4) is 0 Å². The van der Waals surface area contributed by atoms with E-state index in [2.05, 4.69) is 0 Å². The summed E-state index contributed by atoms with van der Waals surface area (Å²) in [5.74, 6) is -0.966. The Balaban J connectivity index is 2.18. The number of rotatable bonds is 4. The van der Waals surface area contributed by atoms with E-state index in [0.717, 1.165) is 17.0 Å². The van der Waals surface area contributed by atoms with E-state index in [1.54, 1.807) is 0 Å². The standard InChI is InChI=1S/C14H12F4OS/c15-9-3-5-11(12(8-9)14(16,17)18)13(19)6-4-10-2-1-7-20-10/h1-3,5,7-8,13,19H,4,6H2. The molecule has 0 saturated carbocycles. The molecule has 1 aromatic carbocycles. The van der Waals surface area contributed by atoms with E-state index in [-0.39, 0.29) is 12.0 Å². The number of halogens is 4. The van der Waals surface area contributed by atoms with Crippen LogP contribution < -0.4 is 0 Å². The van der Waals surface area contributed by atoms with Gasteiger partial charge in [0.05, 0.1) is 11.7 Å². The van der Waals surface area contributed by atoms with Gasteiger partial charge in [-0.1, -0.05) is 12.1 Å². The van der Waals surface area contributed by atoms with Crippen LogP contribution in [0.2, 0.25) is 0 Å². The zero-order valence-electron chi connectivity index (χ0n) is 10.3. The topological polar surface area (TPSA) is 20.2 Å². The van der Waals surface area contributed by atoms with Crippen molar-refractivity contribution in [1.29, 1.82) is 0 Å². The molecule has 0 amide bonds. The fourth-order valence-electron chi connectivity index (χ4n) is 1.95. The van der Waals surface area contributed by atoms with E-state index in [4.69, 9.17) is 0 Å². The number of aryl methyl sites for hydroxylation is 1. The SMILES string of the molecule is OC(CCc1cccs1)c1ccc(F)cc1C(F)(F)F. The van der Waals surface area contributed by atoms with Crippen molar-refractivity contribution in [2.24, 2.45) is 0 Å². The summed E-state index contributed by atoms with van der Waals surface area (Å²) in [4.78, 5) is 0.986. The molecule has 1 aromatic heterocycles. The molecule has 0 radical (unpaired) electrons. The first kappa shape index (κ1) is 15.0. The third kappa shape index (κ3) is 3.58. The Morgan fingerprint density at radius 3 is 2.55 bits per heavy atom. The van der Waals surface area contributed by atoms with Crippen LogP contribution in [-0.2, 0) is 12.6 Å². The fourth-order valence-corrected chi connectivity index (χ4v) is 2.68. The maximum Gasteiger partial charge on any atom is 0.416 e. The summed E-state index contributed by atoms with van der Waals surface area (Å²) in [7, 11) is 0. The van der Waals surface area contributed by atoms with Gasteiger partial charge < -0.3 is 5.11 Å². The molecule has 0 aliphatic carbocycles. The molecule has 20 heavy (non-hydrogen) atoms. The van der Waals surface area contributed by atoms with Crippen LogP contribution >= 0.6 is 11.3 Å². The summed E-state index contributed by atoms with van der Waals surface area (Å²) < 4.78 is 51.4. The molecule has 0 aliphatic rings. The Morgan fingerprint density at radius 1 is 1.20 bits per heavy atom. The summed E-state index contributed by atoms with van der Waals surface area (Å²) in [5.41, 5.74) is -1.40. The molecule has 108 valence electrons. The van der Waals surface area contributed by atoms with E-state index in [1.165, 1.54) is 11.3 Å². The molecule has 0 bridgehead atoms. The zero-order chi connectivity index (χ0) is 14.8. The number of aliphatic hydroxyl groups is 1. The van der Waals surface area contributed by atoms with E-state index in [9.17, 15) is 22.7 Å². The third-order valence-electron chi connectivity index (χ3n) is 2.92. The van der Waals surface area contributed by atoms with Gasteiger partial charge in [0.15, 0.2) is 0 Å². The van der Waals surface area contributed by atoms with Gasteiger partial charge in [0.2, 0.25) is 0 Å². The van der Waals surface area contributed by atoms with Crippen molar-refractivity contribution in [2.45, 2.75) is 25.1 Å². The summed E-state index contributed by atoms with van der Waals surface area (Å²) in [6.45, 7) is 0. The molecule has 0 fully saturated rings. The van der Waals surface area contributed by atoms with Gasteiger partial charge in [0.1, 0.15) is 5.82 Å². The largest absolute Gasteiger partial charge is 0.416 e. The minimum Gasteiger partial charge on any atom is -0.388 e. The Bertz CT molecular complexity index is 563. The molecule has 0 aliphatic heterocycles. The van der Waals surface area contributed by atoms with E-state index >= 15 is 0 Å². The highest BCUT2D eigenvalue weighted by atomic mass is 32.1. The molecule has 0 saturated heterocycles. The van der Waals surface area contributed by atoms with Gasteiger partial charge in [0, 0.05) is 4.88 Å². The number of hydrogen-bond acceptors (Lipinski definition) is 2. The van der Waals surface area contributed by atoms with Gasteiger partial charge >= 0.3 is 6.18 Å². The Hall–Kier alpha value is -1.40. The maximum absolute atomic E-state index is 13.0. The minimum absolute atomic E-state index is 0.162. The van der Waals surface area contributed by atoms with Gasteiger partial charge in [-0.15, -0.1) is 11.3 Å². The number of hydrogen-bond donors (Lipinski definition) is 1. The first-order chi connectivity index (χ1) is 9.38. The fraction of sp³-hybridized carbons (Fsp3) is 0.286. The number of alkyl halides is 3. The second-order valence-corrected chi connectivity index (χ2v) is 5.40. The van der Waals surface area contributed by atoms with E-state index in [1.807, 2.05) is 17.5 Å². The van der Waals surface area contributed by atoms with Gasteiger partial charge in [-0.2, -0.15) is 13.2 Å². The predicted molar refractivity (Wildman–Crippen MR) is 69.0 cm³/mol. The minimum atomic E-state index is -4.68. The summed E-state index contributed by atoms with van der Waals surface area (Å²) >= 11 is 1.48. The second-order valence-electron chi connectivity index (χ2n) is 4.36. The molecule has 0 spiro atoms. The van der Waals surface area contributed by atoms with E-state index in [0.29, 0.717) is 12.5 Å². The summed E-state index contributed by atoms with van der Waals surface area (Å²) in [6.07, 6.45) is -5.31. The molecule has 1 atom stereocenters. The first-order valence-corrected chi connectivity index (χ1v) is 6.83. The van der Waals surface area contributed by atoms with Crippen molar-refractivity contribution in [2.75, 3.05) is 0 Å². The molecule has 1 nitrogen and oxygen atoms in total. The first-order valence-electron chi connectivity index (χ1n) is 5.95. The van der Waals surface area contributed by atoms with E-state index < -0.39 is 23.7 Å². The third-order valence-corrected chi connectivity index (χ3v) is 3.86. The average Bonchev–Trinajstić information content (AvgIpc) is 2.88. The van der Waals surface area contributed by atoms with Gasteiger partial charge in [0.25, 0.3) is 0 Å². The van der Waals surface area contributed by atoms with Gasteiger partial charge in [-0.3, -0.25) is 0 Å². The number of aliphatic hydroxyl groups excluding tert-OH is 1. The molecular weight excluding hydrogens is 292 g/mol. The van der Waals surface area contributed by atoms with Crippen LogP contribution in [0.5, 0.6) is 0 Å². The monoisotopic (exact) mass is 304 g/mol. The van der Waals surface area contributed by atoms with Crippen molar-refractivity contribution in [1.82, 2.24) is 0 Å². The predicted octanol–water partition coefficient (Wildman–Crippen LogP) is 4.57. The number of thiophene rings is 1. The molecule has 6 heteroatoms. The second kappa shape index (κ2) is 5.93. The Morgan fingerprint density at radius 2 is 1.95 bits per heavy atom. The molecule has 2 aromatic rings. The van der Waals surface area contributed by atoms with Gasteiger partial charge in [-0.05, 0) is 42.0 Å². The summed E-state index contributed by atoms with van der Waals surface area (Å²) in [6, 6.07) is 6.04. The lowest BCUT2D eigenvalue weighted by Gasteiger charge is -2.17. The van der Waals surface area contributed by atoms with Crippen molar-refractivity contribution in [3.05, 3.63) is 57.5 Å². The highest BCUT2D eigenvalue weighted by Crippen LogP contribution is 2.36. The molecule has 1 heterocycles. The molecule has 1 N–H and O–H groups in total. The Labute approximate surface area is 117 Å². The van der Waals surface area contributed by atoms with Crippen LogP contribution in [0.1, 0.15) is 28.5 Å². The highest BCUT2D eigenvalue weighted by molar-refractivity contribution is 7.09. The molecule has 2 rings (SSSR count). The normalized spacial score (nSPS) is 13.4. The van der Waals surface area contributed by atoms with Crippen LogP contribution in [0, 0.1) is 5.82 Å². The van der Waals surface area contributed by atoms with Crippen LogP contribution in [0.15, 0.2) is 35.7 Å². The lowest BCUT2D eigenvalue weighted by atomic mass is 9.98. The zero-order valence-corrected chi connectivity index (χ0v) is 11.1. The van der Waals surface area contributed by atoms with Crippen LogP contribution in [0.25, 0.3) is 0 Å². The quantitative estimate of drug-likeness (QED) is 0.820.